The number of aromatic nitrogens is 4. The maximum atomic E-state index is 12.8. The molecule has 0 spiro atoms. The number of rotatable bonds is 6. The number of alkyl halides is 3. The van der Waals surface area contributed by atoms with Gasteiger partial charge >= 0.3 is 6.18 Å². The Kier molecular flexibility index (Phi) is 5.20. The molecule has 0 unspecified atom stereocenters. The molecule has 152 valence electrons. The molecule has 3 aromatic heterocycles. The fourth-order valence-corrected chi connectivity index (χ4v) is 3.02. The van der Waals surface area contributed by atoms with Crippen molar-refractivity contribution < 1.29 is 22.6 Å². The first-order valence-electron chi connectivity index (χ1n) is 8.49. The summed E-state index contributed by atoms with van der Waals surface area (Å²) >= 11 is 1.05. The Morgan fingerprint density at radius 3 is 2.66 bits per heavy atom. The van der Waals surface area contributed by atoms with Gasteiger partial charge in [0.1, 0.15) is 17.5 Å². The molecule has 0 aromatic carbocycles. The third kappa shape index (κ3) is 4.38. The van der Waals surface area contributed by atoms with Crippen LogP contribution in [0.25, 0.3) is 11.5 Å². The summed E-state index contributed by atoms with van der Waals surface area (Å²) in [5, 5.41) is 5.95. The van der Waals surface area contributed by atoms with Gasteiger partial charge in [0.15, 0.2) is 11.6 Å². The maximum absolute atomic E-state index is 12.8. The van der Waals surface area contributed by atoms with Crippen molar-refractivity contribution in [1.29, 1.82) is 0 Å². The predicted molar refractivity (Wildman–Crippen MR) is 100 cm³/mol. The average Bonchev–Trinajstić information content (AvgIpc) is 3.13. The van der Waals surface area contributed by atoms with Crippen LogP contribution in [-0.4, -0.2) is 45.7 Å². The lowest BCUT2D eigenvalue weighted by Crippen LogP contribution is -2.38. The minimum Gasteiger partial charge on any atom is -0.484 e. The molecular weight excluding hydrogens is 409 g/mol. The van der Waals surface area contributed by atoms with E-state index in [1.165, 1.54) is 7.05 Å². The van der Waals surface area contributed by atoms with Crippen LogP contribution in [0.15, 0.2) is 30.6 Å². The van der Waals surface area contributed by atoms with E-state index in [9.17, 15) is 13.2 Å². The zero-order valence-electron chi connectivity index (χ0n) is 15.0. The van der Waals surface area contributed by atoms with Gasteiger partial charge in [-0.1, -0.05) is 0 Å². The first-order valence-corrected chi connectivity index (χ1v) is 9.26. The third-order valence-corrected chi connectivity index (χ3v) is 4.64. The van der Waals surface area contributed by atoms with Crippen LogP contribution in [0.1, 0.15) is 5.56 Å². The molecule has 29 heavy (non-hydrogen) atoms. The van der Waals surface area contributed by atoms with Crippen molar-refractivity contribution in [3.63, 3.8) is 0 Å². The highest BCUT2D eigenvalue weighted by Gasteiger charge is 2.31. The van der Waals surface area contributed by atoms with E-state index in [1.807, 2.05) is 0 Å². The molecule has 4 rings (SSSR count). The van der Waals surface area contributed by atoms with E-state index >= 15 is 0 Å². The molecule has 0 saturated carbocycles. The van der Waals surface area contributed by atoms with Gasteiger partial charge in [-0.2, -0.15) is 22.5 Å². The third-order valence-electron chi connectivity index (χ3n) is 4.01. The van der Waals surface area contributed by atoms with E-state index in [4.69, 9.17) is 9.47 Å². The van der Waals surface area contributed by atoms with Crippen molar-refractivity contribution in [2.24, 2.45) is 0 Å². The number of anilines is 3. The largest absolute Gasteiger partial charge is 0.484 e. The lowest BCUT2D eigenvalue weighted by Gasteiger charge is -2.26. The molecule has 3 aromatic rings. The number of ether oxygens (including phenoxy) is 2. The Balaban J connectivity index is 1.48. The second-order valence-electron chi connectivity index (χ2n) is 6.07. The summed E-state index contributed by atoms with van der Waals surface area (Å²) in [5.74, 6) is 1.22. The molecule has 12 heteroatoms. The summed E-state index contributed by atoms with van der Waals surface area (Å²) < 4.78 is 53.5. The van der Waals surface area contributed by atoms with E-state index in [-0.39, 0.29) is 17.6 Å². The van der Waals surface area contributed by atoms with Crippen molar-refractivity contribution in [1.82, 2.24) is 19.3 Å². The van der Waals surface area contributed by atoms with Crippen LogP contribution in [0, 0.1) is 0 Å². The van der Waals surface area contributed by atoms with Gasteiger partial charge in [0, 0.05) is 24.8 Å². The monoisotopic (exact) mass is 424 g/mol. The Labute approximate surface area is 167 Å². The number of hydrogen-bond donors (Lipinski definition) is 2. The molecule has 0 amide bonds. The molecule has 1 fully saturated rings. The van der Waals surface area contributed by atoms with Crippen molar-refractivity contribution in [2.75, 3.05) is 30.9 Å². The van der Waals surface area contributed by atoms with E-state index in [1.54, 1.807) is 18.3 Å². The molecule has 1 aliphatic rings. The SMILES string of the molecule is CNc1cc(C(F)(F)F)cnc1Nc1nc(-c2ccc(OC3COC3)cn2)ns1. The Bertz CT molecular complexity index is 992. The summed E-state index contributed by atoms with van der Waals surface area (Å²) in [6, 6.07) is 4.48. The number of pyridine rings is 2. The number of hydrogen-bond acceptors (Lipinski definition) is 9. The first kappa shape index (κ1) is 19.3. The van der Waals surface area contributed by atoms with Crippen molar-refractivity contribution in [2.45, 2.75) is 12.3 Å². The van der Waals surface area contributed by atoms with Crippen LogP contribution < -0.4 is 15.4 Å². The summed E-state index contributed by atoms with van der Waals surface area (Å²) in [7, 11) is 1.51. The lowest BCUT2D eigenvalue weighted by atomic mass is 10.2. The lowest BCUT2D eigenvalue weighted by molar-refractivity contribution is -0.137. The highest BCUT2D eigenvalue weighted by molar-refractivity contribution is 7.09. The molecule has 4 heterocycles. The minimum absolute atomic E-state index is 0.0495. The van der Waals surface area contributed by atoms with Crippen LogP contribution >= 0.6 is 11.5 Å². The molecule has 0 bridgehead atoms. The fourth-order valence-electron chi connectivity index (χ4n) is 2.45. The molecule has 8 nitrogen and oxygen atoms in total. The molecule has 0 aliphatic carbocycles. The summed E-state index contributed by atoms with van der Waals surface area (Å²) in [4.78, 5) is 12.5. The second kappa shape index (κ2) is 7.79. The van der Waals surface area contributed by atoms with Gasteiger partial charge in [-0.05, 0) is 18.2 Å². The number of halogens is 3. The second-order valence-corrected chi connectivity index (χ2v) is 6.82. The molecule has 0 atom stereocenters. The van der Waals surface area contributed by atoms with Gasteiger partial charge in [-0.3, -0.25) is 0 Å². The normalized spacial score (nSPS) is 14.3. The predicted octanol–water partition coefficient (Wildman–Crippen LogP) is 3.58. The van der Waals surface area contributed by atoms with Crippen LogP contribution in [-0.2, 0) is 10.9 Å². The van der Waals surface area contributed by atoms with Crippen LogP contribution in [0.4, 0.5) is 29.8 Å². The Hall–Kier alpha value is -2.99. The number of nitrogens with one attached hydrogen (secondary N) is 2. The van der Waals surface area contributed by atoms with Gasteiger partial charge < -0.3 is 20.1 Å². The molecule has 2 N–H and O–H groups in total. The summed E-state index contributed by atoms with van der Waals surface area (Å²) in [6.45, 7) is 1.13. The van der Waals surface area contributed by atoms with E-state index in [2.05, 4.69) is 30.0 Å². The van der Waals surface area contributed by atoms with Crippen molar-refractivity contribution >= 4 is 28.2 Å². The van der Waals surface area contributed by atoms with E-state index in [0.717, 1.165) is 23.8 Å². The molecule has 1 saturated heterocycles. The minimum atomic E-state index is -4.47. The standard InChI is InChI=1S/C17H15F3N6O2S/c1-21-13-4-9(17(18,19)20)5-23-14(13)24-16-25-15(26-29-16)12-3-2-10(6-22-12)28-11-7-27-8-11/h2-6,11,21H,7-8H2,1H3,(H,23,24,25,26). The zero-order chi connectivity index (χ0) is 20.4. The molecule has 1 aliphatic heterocycles. The van der Waals surface area contributed by atoms with Gasteiger partial charge in [-0.25, -0.2) is 9.97 Å². The topological polar surface area (TPSA) is 94.1 Å². The molecular formula is C17H15F3N6O2S. The molecule has 0 radical (unpaired) electrons. The van der Waals surface area contributed by atoms with Gasteiger partial charge in [0.05, 0.1) is 30.7 Å². The average molecular weight is 424 g/mol. The first-order chi connectivity index (χ1) is 13.9. The Morgan fingerprint density at radius 2 is 2.03 bits per heavy atom. The van der Waals surface area contributed by atoms with Crippen molar-refractivity contribution in [3.05, 3.63) is 36.2 Å². The van der Waals surface area contributed by atoms with Crippen LogP contribution in [0.5, 0.6) is 5.75 Å². The maximum Gasteiger partial charge on any atom is 0.417 e. The van der Waals surface area contributed by atoms with Crippen LogP contribution in [0.3, 0.4) is 0 Å². The Morgan fingerprint density at radius 1 is 1.21 bits per heavy atom. The highest BCUT2D eigenvalue weighted by atomic mass is 32.1. The van der Waals surface area contributed by atoms with Gasteiger partial charge in [0.2, 0.25) is 5.13 Å². The van der Waals surface area contributed by atoms with E-state index < -0.39 is 11.7 Å². The quantitative estimate of drug-likeness (QED) is 0.620. The fraction of sp³-hybridized carbons (Fsp3) is 0.294. The van der Waals surface area contributed by atoms with Crippen LogP contribution in [0.2, 0.25) is 0 Å². The van der Waals surface area contributed by atoms with E-state index in [0.29, 0.717) is 35.6 Å². The number of nitrogens with zero attached hydrogens (tertiary/aromatic N) is 4. The van der Waals surface area contributed by atoms with Crippen molar-refractivity contribution in [3.8, 4) is 17.3 Å². The van der Waals surface area contributed by atoms with Gasteiger partial charge in [-0.15, -0.1) is 0 Å². The highest BCUT2D eigenvalue weighted by Crippen LogP contribution is 2.34. The summed E-state index contributed by atoms with van der Waals surface area (Å²) in [5.41, 5.74) is -0.109. The summed E-state index contributed by atoms with van der Waals surface area (Å²) in [6.07, 6.45) is -2.08. The van der Waals surface area contributed by atoms with Gasteiger partial charge in [0.25, 0.3) is 0 Å². The smallest absolute Gasteiger partial charge is 0.417 e. The zero-order valence-corrected chi connectivity index (χ0v) is 15.8.